The highest BCUT2D eigenvalue weighted by molar-refractivity contribution is 7.51. The van der Waals surface area contributed by atoms with Crippen molar-refractivity contribution in [2.75, 3.05) is 12.7 Å². The predicted octanol–water partition coefficient (Wildman–Crippen LogP) is 1.13. The molecule has 1 heterocycles. The van der Waals surface area contributed by atoms with E-state index in [1.165, 1.54) is 16.7 Å². The monoisotopic (exact) mass is 467 g/mol. The summed E-state index contributed by atoms with van der Waals surface area (Å²) in [5, 5.41) is 3.00. The highest BCUT2D eigenvalue weighted by atomic mass is 31.2. The number of hydrogen-bond acceptors (Lipinski definition) is 4. The van der Waals surface area contributed by atoms with Crippen LogP contribution in [-0.2, 0) is 22.3 Å². The van der Waals surface area contributed by atoms with Crippen LogP contribution in [0.5, 0.6) is 0 Å². The maximum absolute atomic E-state index is 12.3. The number of amides is 1. The number of nitrogens with zero attached hydrogens (tertiary/aromatic N) is 1. The van der Waals surface area contributed by atoms with Crippen molar-refractivity contribution in [1.82, 2.24) is 14.9 Å². The van der Waals surface area contributed by atoms with Crippen molar-refractivity contribution in [3.05, 3.63) is 92.6 Å². The van der Waals surface area contributed by atoms with Gasteiger partial charge in [-0.15, -0.1) is 0 Å². The summed E-state index contributed by atoms with van der Waals surface area (Å²) in [6.07, 6.45) is 2.53. The van der Waals surface area contributed by atoms with E-state index in [1.807, 2.05) is 30.3 Å². The maximum atomic E-state index is 12.3. The third-order valence-electron chi connectivity index (χ3n) is 4.61. The van der Waals surface area contributed by atoms with Gasteiger partial charge in [-0.1, -0.05) is 54.3 Å². The Morgan fingerprint density at radius 3 is 2.61 bits per heavy atom. The van der Waals surface area contributed by atoms with Crippen LogP contribution < -0.4 is 16.6 Å². The minimum atomic E-state index is -4.19. The van der Waals surface area contributed by atoms with Gasteiger partial charge in [-0.2, -0.15) is 0 Å². The molecule has 0 unspecified atom stereocenters. The van der Waals surface area contributed by atoms with Crippen LogP contribution >= 0.6 is 7.60 Å². The normalized spacial score (nSPS) is 11.3. The number of rotatable bonds is 7. The molecule has 3 rings (SSSR count). The van der Waals surface area contributed by atoms with Crippen LogP contribution in [0.3, 0.4) is 0 Å². The van der Waals surface area contributed by atoms with E-state index in [1.54, 1.807) is 18.2 Å². The Hall–Kier alpha value is -3.70. The van der Waals surface area contributed by atoms with Gasteiger partial charge in [0.15, 0.2) is 0 Å². The van der Waals surface area contributed by atoms with Gasteiger partial charge < -0.3 is 15.1 Å². The highest BCUT2D eigenvalue weighted by Crippen LogP contribution is 2.33. The zero-order valence-electron chi connectivity index (χ0n) is 17.5. The number of carbonyl (C=O) groups is 1. The van der Waals surface area contributed by atoms with Crippen molar-refractivity contribution < 1.29 is 19.1 Å². The molecule has 170 valence electrons. The molecule has 0 atom stereocenters. The van der Waals surface area contributed by atoms with Crippen LogP contribution in [0, 0.1) is 11.8 Å². The van der Waals surface area contributed by atoms with Gasteiger partial charge in [0.25, 0.3) is 5.56 Å². The average Bonchev–Trinajstić information content (AvgIpc) is 2.76. The van der Waals surface area contributed by atoms with Crippen LogP contribution in [0.1, 0.15) is 11.1 Å². The second-order valence-electron chi connectivity index (χ2n) is 7.16. The molecule has 10 heteroatoms. The summed E-state index contributed by atoms with van der Waals surface area (Å²) < 4.78 is 12.2. The van der Waals surface area contributed by atoms with Gasteiger partial charge in [0.2, 0.25) is 5.91 Å². The summed E-state index contributed by atoms with van der Waals surface area (Å²) in [7, 11) is -4.19. The lowest BCUT2D eigenvalue weighted by molar-refractivity contribution is -0.120. The largest absolute Gasteiger partial charge is 0.345 e. The zero-order valence-corrected chi connectivity index (χ0v) is 18.4. The molecule has 9 nitrogen and oxygen atoms in total. The Morgan fingerprint density at radius 1 is 1.12 bits per heavy atom. The van der Waals surface area contributed by atoms with Crippen molar-refractivity contribution in [2.45, 2.75) is 13.0 Å². The molecule has 3 aromatic rings. The molecular weight excluding hydrogens is 445 g/mol. The molecule has 33 heavy (non-hydrogen) atoms. The number of H-pyrrole nitrogens is 1. The van der Waals surface area contributed by atoms with Gasteiger partial charge in [-0.25, -0.2) is 4.79 Å². The third kappa shape index (κ3) is 7.16. The van der Waals surface area contributed by atoms with Crippen molar-refractivity contribution in [3.63, 3.8) is 0 Å². The summed E-state index contributed by atoms with van der Waals surface area (Å²) in [6.45, 7) is 0.148. The number of aromatic nitrogens is 2. The van der Waals surface area contributed by atoms with Gasteiger partial charge in [0, 0.05) is 12.1 Å². The fraction of sp³-hybridized carbons (Fsp3) is 0.174. The lowest BCUT2D eigenvalue weighted by Gasteiger charge is -2.07. The van der Waals surface area contributed by atoms with Crippen LogP contribution in [0.25, 0.3) is 10.9 Å². The average molecular weight is 467 g/mol. The Bertz CT molecular complexity index is 1410. The molecule has 0 aliphatic rings. The molecule has 0 aliphatic carbocycles. The molecule has 2 aromatic carbocycles. The summed E-state index contributed by atoms with van der Waals surface area (Å²) in [5.74, 6) is 5.58. The topological polar surface area (TPSA) is 141 Å². The van der Waals surface area contributed by atoms with E-state index in [2.05, 4.69) is 22.1 Å². The van der Waals surface area contributed by atoms with Gasteiger partial charge in [0.1, 0.15) is 0 Å². The number of aromatic amines is 1. The Labute approximate surface area is 188 Å². The highest BCUT2D eigenvalue weighted by Gasteiger charge is 2.10. The molecule has 1 aromatic heterocycles. The minimum Gasteiger partial charge on any atom is -0.345 e. The van der Waals surface area contributed by atoms with Crippen LogP contribution in [-0.4, -0.2) is 38.0 Å². The molecule has 0 saturated heterocycles. The zero-order chi connectivity index (χ0) is 23.8. The number of hydrogen-bond donors (Lipinski definition) is 4. The SMILES string of the molecule is O=C(Cc1ccccc1)NCC#Cc1ccc2c(=O)[nH]c(=O)n(CC=CCP(=O)(O)O)c2c1. The van der Waals surface area contributed by atoms with Gasteiger partial charge in [-0.05, 0) is 23.8 Å². The van der Waals surface area contributed by atoms with Crippen molar-refractivity contribution in [2.24, 2.45) is 0 Å². The van der Waals surface area contributed by atoms with Gasteiger partial charge in [-0.3, -0.25) is 23.7 Å². The standard InChI is InChI=1S/C23H22N3O6P/c27-21(16-17-7-2-1-3-8-17)24-12-6-9-18-10-11-19-20(15-18)26(23(29)25-22(19)28)13-4-5-14-33(30,31)32/h1-5,7-8,10-11,15H,12-14,16H2,(H,24,27)(H,25,28,29)(H2,30,31,32). The molecule has 4 N–H and O–H groups in total. The first-order valence-corrected chi connectivity index (χ1v) is 11.8. The van der Waals surface area contributed by atoms with E-state index in [0.717, 1.165) is 5.56 Å². The van der Waals surface area contributed by atoms with Crippen molar-refractivity contribution in [1.29, 1.82) is 0 Å². The fourth-order valence-electron chi connectivity index (χ4n) is 3.07. The number of fused-ring (bicyclic) bond motifs is 1. The quantitative estimate of drug-likeness (QED) is 0.233. The summed E-state index contributed by atoms with van der Waals surface area (Å²) in [5.41, 5.74) is 0.586. The lowest BCUT2D eigenvalue weighted by Crippen LogP contribution is -2.30. The summed E-state index contributed by atoms with van der Waals surface area (Å²) >= 11 is 0. The maximum Gasteiger partial charge on any atom is 0.329 e. The lowest BCUT2D eigenvalue weighted by atomic mass is 10.1. The first-order valence-electron chi connectivity index (χ1n) is 9.99. The molecule has 0 aliphatic heterocycles. The second kappa shape index (κ2) is 10.7. The molecule has 0 bridgehead atoms. The van der Waals surface area contributed by atoms with E-state index in [0.29, 0.717) is 11.1 Å². The van der Waals surface area contributed by atoms with Crippen LogP contribution in [0.15, 0.2) is 70.3 Å². The Balaban J connectivity index is 1.74. The van der Waals surface area contributed by atoms with E-state index >= 15 is 0 Å². The molecule has 0 radical (unpaired) electrons. The summed E-state index contributed by atoms with van der Waals surface area (Å²) in [6, 6.07) is 14.1. The number of carbonyl (C=O) groups excluding carboxylic acids is 1. The van der Waals surface area contributed by atoms with Crippen molar-refractivity contribution in [3.8, 4) is 11.8 Å². The second-order valence-corrected chi connectivity index (χ2v) is 8.86. The number of nitrogens with one attached hydrogen (secondary N) is 2. The molecule has 0 saturated carbocycles. The molecular formula is C23H22N3O6P. The Morgan fingerprint density at radius 2 is 1.88 bits per heavy atom. The molecule has 1 amide bonds. The van der Waals surface area contributed by atoms with Crippen LogP contribution in [0.4, 0.5) is 0 Å². The fourth-order valence-corrected chi connectivity index (χ4v) is 3.50. The van der Waals surface area contributed by atoms with E-state index < -0.39 is 25.0 Å². The Kier molecular flexibility index (Phi) is 7.80. The summed E-state index contributed by atoms with van der Waals surface area (Å²) in [4.78, 5) is 56.5. The molecule has 0 spiro atoms. The van der Waals surface area contributed by atoms with E-state index in [9.17, 15) is 18.9 Å². The third-order valence-corrected chi connectivity index (χ3v) is 5.30. The first-order chi connectivity index (χ1) is 15.7. The van der Waals surface area contributed by atoms with Gasteiger partial charge in [0.05, 0.1) is 30.0 Å². The predicted molar refractivity (Wildman–Crippen MR) is 125 cm³/mol. The first kappa shape index (κ1) is 24.0. The van der Waals surface area contributed by atoms with Crippen molar-refractivity contribution >= 4 is 24.4 Å². The van der Waals surface area contributed by atoms with Crippen LogP contribution in [0.2, 0.25) is 0 Å². The van der Waals surface area contributed by atoms with Gasteiger partial charge >= 0.3 is 13.3 Å². The number of benzene rings is 2. The number of allylic oxidation sites excluding steroid dienone is 2. The van der Waals surface area contributed by atoms with E-state index in [4.69, 9.17) is 9.79 Å². The molecule has 0 fully saturated rings. The smallest absolute Gasteiger partial charge is 0.329 e. The minimum absolute atomic E-state index is 0.0124. The van der Waals surface area contributed by atoms with E-state index in [-0.39, 0.29) is 30.8 Å².